The molecule has 0 radical (unpaired) electrons. The molecule has 3 unspecified atom stereocenters. The second-order valence-corrected chi connectivity index (χ2v) is 6.95. The summed E-state index contributed by atoms with van der Waals surface area (Å²) in [6, 6.07) is 0. The van der Waals surface area contributed by atoms with Gasteiger partial charge in [-0.2, -0.15) is 16.7 Å². The summed E-state index contributed by atoms with van der Waals surface area (Å²) in [6.07, 6.45) is 0.670. The number of aromatic nitrogens is 2. The second kappa shape index (κ2) is 5.42. The maximum absolute atomic E-state index is 5.45. The average molecular weight is 259 g/mol. The molecule has 0 saturated carbocycles. The predicted octanol–water partition coefficient (Wildman–Crippen LogP) is 1.87. The molecular weight excluding hydrogens is 242 g/mol. The van der Waals surface area contributed by atoms with E-state index in [0.29, 0.717) is 34.6 Å². The van der Waals surface area contributed by atoms with Crippen molar-refractivity contribution in [2.45, 2.75) is 36.0 Å². The van der Waals surface area contributed by atoms with Crippen molar-refractivity contribution >= 4 is 23.5 Å². The second-order valence-electron chi connectivity index (χ2n) is 3.95. The lowest BCUT2D eigenvalue weighted by molar-refractivity contribution is 0.374. The molecule has 0 bridgehead atoms. The third kappa shape index (κ3) is 2.73. The molecule has 3 atom stereocenters. The van der Waals surface area contributed by atoms with E-state index >= 15 is 0 Å². The van der Waals surface area contributed by atoms with Crippen LogP contribution < -0.4 is 5.73 Å². The number of thioether (sulfide) groups is 2. The molecule has 0 aliphatic carbocycles. The van der Waals surface area contributed by atoms with Crippen molar-refractivity contribution in [3.05, 3.63) is 11.7 Å². The van der Waals surface area contributed by atoms with E-state index < -0.39 is 0 Å². The van der Waals surface area contributed by atoms with Crippen LogP contribution in [0.25, 0.3) is 0 Å². The summed E-state index contributed by atoms with van der Waals surface area (Å²) in [5, 5.41) is 5.75. The highest BCUT2D eigenvalue weighted by Crippen LogP contribution is 2.43. The molecular formula is C10H17N3OS2. The molecule has 2 N–H and O–H groups in total. The molecule has 90 valence electrons. The van der Waals surface area contributed by atoms with Crippen molar-refractivity contribution in [1.29, 1.82) is 0 Å². The van der Waals surface area contributed by atoms with Gasteiger partial charge in [-0.15, -0.1) is 11.8 Å². The van der Waals surface area contributed by atoms with Crippen LogP contribution in [-0.2, 0) is 6.42 Å². The zero-order chi connectivity index (χ0) is 11.5. The molecule has 16 heavy (non-hydrogen) atoms. The van der Waals surface area contributed by atoms with Crippen LogP contribution in [0.1, 0.15) is 30.8 Å². The number of hydrogen-bond donors (Lipinski definition) is 1. The van der Waals surface area contributed by atoms with E-state index in [1.54, 1.807) is 0 Å². The van der Waals surface area contributed by atoms with Gasteiger partial charge in [0.1, 0.15) is 0 Å². The third-order valence-electron chi connectivity index (χ3n) is 2.68. The lowest BCUT2D eigenvalue weighted by Crippen LogP contribution is -2.22. The van der Waals surface area contributed by atoms with Crippen molar-refractivity contribution in [2.75, 3.05) is 12.3 Å². The summed E-state index contributed by atoms with van der Waals surface area (Å²) in [4.78, 5) is 4.39. The maximum atomic E-state index is 5.45. The highest BCUT2D eigenvalue weighted by molar-refractivity contribution is 8.07. The van der Waals surface area contributed by atoms with Gasteiger partial charge in [-0.05, 0) is 0 Å². The Balaban J connectivity index is 2.01. The smallest absolute Gasteiger partial charge is 0.227 e. The molecule has 2 heterocycles. The van der Waals surface area contributed by atoms with Crippen LogP contribution in [0.5, 0.6) is 0 Å². The highest BCUT2D eigenvalue weighted by atomic mass is 32.2. The highest BCUT2D eigenvalue weighted by Gasteiger charge is 2.29. The molecule has 1 saturated heterocycles. The Morgan fingerprint density at radius 1 is 1.44 bits per heavy atom. The minimum atomic E-state index is 0.367. The molecule has 1 aliphatic rings. The first-order chi connectivity index (χ1) is 7.70. The van der Waals surface area contributed by atoms with Crippen LogP contribution in [-0.4, -0.2) is 32.9 Å². The Labute approximate surface area is 104 Å². The third-order valence-corrected chi connectivity index (χ3v) is 6.07. The van der Waals surface area contributed by atoms with Crippen molar-refractivity contribution in [3.8, 4) is 0 Å². The summed E-state index contributed by atoms with van der Waals surface area (Å²) >= 11 is 3.93. The Morgan fingerprint density at radius 2 is 2.25 bits per heavy atom. The standard InChI is InChI=1S/C10H17N3OS2/c1-6-7(2)16-8(5-15-6)10-12-9(3-4-11)14-13-10/h6-8H,3-5,11H2,1-2H3. The summed E-state index contributed by atoms with van der Waals surface area (Å²) in [5.74, 6) is 2.56. The van der Waals surface area contributed by atoms with Gasteiger partial charge in [0.15, 0.2) is 5.82 Å². The van der Waals surface area contributed by atoms with Gasteiger partial charge < -0.3 is 10.3 Å². The first-order valence-electron chi connectivity index (χ1n) is 5.50. The van der Waals surface area contributed by atoms with Crippen LogP contribution in [0.2, 0.25) is 0 Å². The monoisotopic (exact) mass is 259 g/mol. The number of rotatable bonds is 3. The minimum absolute atomic E-state index is 0.367. The lowest BCUT2D eigenvalue weighted by Gasteiger charge is -2.29. The van der Waals surface area contributed by atoms with Crippen LogP contribution in [0.4, 0.5) is 0 Å². The Kier molecular flexibility index (Phi) is 4.16. The van der Waals surface area contributed by atoms with Gasteiger partial charge in [-0.3, -0.25) is 0 Å². The van der Waals surface area contributed by atoms with Crippen LogP contribution in [0.15, 0.2) is 4.52 Å². The van der Waals surface area contributed by atoms with Gasteiger partial charge in [-0.25, -0.2) is 0 Å². The van der Waals surface area contributed by atoms with Gasteiger partial charge in [0, 0.05) is 29.2 Å². The number of hydrogen-bond acceptors (Lipinski definition) is 6. The van der Waals surface area contributed by atoms with Crippen LogP contribution >= 0.6 is 23.5 Å². The quantitative estimate of drug-likeness (QED) is 0.894. The van der Waals surface area contributed by atoms with E-state index in [0.717, 1.165) is 11.6 Å². The molecule has 1 fully saturated rings. The van der Waals surface area contributed by atoms with Gasteiger partial charge in [-0.1, -0.05) is 19.0 Å². The largest absolute Gasteiger partial charge is 0.339 e. The summed E-state index contributed by atoms with van der Waals surface area (Å²) in [7, 11) is 0. The van der Waals surface area contributed by atoms with Crippen molar-refractivity contribution in [1.82, 2.24) is 10.1 Å². The maximum Gasteiger partial charge on any atom is 0.227 e. The average Bonchev–Trinajstić information content (AvgIpc) is 2.71. The van der Waals surface area contributed by atoms with Gasteiger partial charge in [0.2, 0.25) is 5.89 Å². The Morgan fingerprint density at radius 3 is 2.94 bits per heavy atom. The SMILES string of the molecule is CC1SCC(c2noc(CCN)n2)SC1C. The number of nitrogens with zero attached hydrogens (tertiary/aromatic N) is 2. The van der Waals surface area contributed by atoms with Crippen molar-refractivity contribution < 1.29 is 4.52 Å². The normalized spacial score (nSPS) is 30.6. The topological polar surface area (TPSA) is 64.9 Å². The molecule has 1 aromatic rings. The fourth-order valence-corrected chi connectivity index (χ4v) is 4.38. The van der Waals surface area contributed by atoms with Crippen molar-refractivity contribution in [2.24, 2.45) is 5.73 Å². The zero-order valence-electron chi connectivity index (χ0n) is 9.55. The zero-order valence-corrected chi connectivity index (χ0v) is 11.2. The molecule has 0 aromatic carbocycles. The van der Waals surface area contributed by atoms with E-state index in [1.807, 2.05) is 23.5 Å². The molecule has 1 aromatic heterocycles. The fourth-order valence-electron chi connectivity index (χ4n) is 1.54. The first-order valence-corrected chi connectivity index (χ1v) is 7.49. The Hall–Kier alpha value is -0.200. The fraction of sp³-hybridized carbons (Fsp3) is 0.800. The summed E-state index contributed by atoms with van der Waals surface area (Å²) in [5.41, 5.74) is 5.45. The predicted molar refractivity (Wildman–Crippen MR) is 68.8 cm³/mol. The summed E-state index contributed by atoms with van der Waals surface area (Å²) < 4.78 is 5.16. The summed E-state index contributed by atoms with van der Waals surface area (Å²) in [6.45, 7) is 5.09. The molecule has 0 spiro atoms. The molecule has 1 aliphatic heterocycles. The molecule has 0 amide bonds. The van der Waals surface area contributed by atoms with E-state index in [-0.39, 0.29) is 0 Å². The van der Waals surface area contributed by atoms with Gasteiger partial charge >= 0.3 is 0 Å². The minimum Gasteiger partial charge on any atom is -0.339 e. The van der Waals surface area contributed by atoms with Gasteiger partial charge in [0.25, 0.3) is 0 Å². The van der Waals surface area contributed by atoms with E-state index in [1.165, 1.54) is 0 Å². The molecule has 4 nitrogen and oxygen atoms in total. The van der Waals surface area contributed by atoms with E-state index in [4.69, 9.17) is 10.3 Å². The van der Waals surface area contributed by atoms with E-state index in [9.17, 15) is 0 Å². The van der Waals surface area contributed by atoms with Gasteiger partial charge in [0.05, 0.1) is 5.25 Å². The molecule has 2 rings (SSSR count). The number of nitrogens with two attached hydrogens (primary N) is 1. The first kappa shape index (κ1) is 12.3. The van der Waals surface area contributed by atoms with E-state index in [2.05, 4.69) is 24.0 Å². The van der Waals surface area contributed by atoms with Crippen LogP contribution in [0, 0.1) is 0 Å². The molecule has 6 heteroatoms. The van der Waals surface area contributed by atoms with Crippen LogP contribution in [0.3, 0.4) is 0 Å². The Bertz CT molecular complexity index is 345. The lowest BCUT2D eigenvalue weighted by atomic mass is 10.3. The van der Waals surface area contributed by atoms with Crippen molar-refractivity contribution in [3.63, 3.8) is 0 Å².